The molecular weight excluding hydrogens is 195 g/mol. The number of piperidine rings is 1. The summed E-state index contributed by atoms with van der Waals surface area (Å²) in [6.07, 6.45) is 4.59. The largest absolute Gasteiger partial charge is 0.341 e. The Morgan fingerprint density at radius 3 is 2.47 bits per heavy atom. The van der Waals surface area contributed by atoms with Crippen LogP contribution in [0, 0.1) is 5.82 Å². The van der Waals surface area contributed by atoms with Crippen LogP contribution < -0.4 is 10.2 Å². The third-order valence-electron chi connectivity index (χ3n) is 2.79. The summed E-state index contributed by atoms with van der Waals surface area (Å²) in [6, 6.07) is 0.585. The van der Waals surface area contributed by atoms with Gasteiger partial charge in [-0.2, -0.15) is 0 Å². The van der Waals surface area contributed by atoms with Crippen LogP contribution in [0.5, 0.6) is 0 Å². The molecule has 15 heavy (non-hydrogen) atoms. The fourth-order valence-electron chi connectivity index (χ4n) is 1.84. The summed E-state index contributed by atoms with van der Waals surface area (Å²) in [4.78, 5) is 10.0. The molecule has 4 nitrogen and oxygen atoms in total. The molecule has 0 radical (unpaired) electrons. The van der Waals surface area contributed by atoms with Crippen LogP contribution in [0.25, 0.3) is 0 Å². The van der Waals surface area contributed by atoms with Gasteiger partial charge in [0.2, 0.25) is 5.95 Å². The van der Waals surface area contributed by atoms with E-state index in [2.05, 4.69) is 20.2 Å². The van der Waals surface area contributed by atoms with Gasteiger partial charge in [-0.05, 0) is 19.9 Å². The number of rotatable bonds is 2. The number of hydrogen-bond donors (Lipinski definition) is 1. The standard InChI is InChI=1S/C10H15FN4/c1-12-9-2-4-15(5-3-9)10-13-6-8(11)7-14-10/h6-7,9,12H,2-5H2,1H3. The van der Waals surface area contributed by atoms with Crippen molar-refractivity contribution in [2.75, 3.05) is 25.0 Å². The molecule has 2 rings (SSSR count). The van der Waals surface area contributed by atoms with Gasteiger partial charge in [0, 0.05) is 19.1 Å². The number of nitrogens with one attached hydrogen (secondary N) is 1. The maximum atomic E-state index is 12.6. The summed E-state index contributed by atoms with van der Waals surface area (Å²) in [5.41, 5.74) is 0. The lowest BCUT2D eigenvalue weighted by molar-refractivity contribution is 0.438. The van der Waals surface area contributed by atoms with Crippen molar-refractivity contribution in [2.24, 2.45) is 0 Å². The Hall–Kier alpha value is -1.23. The van der Waals surface area contributed by atoms with Gasteiger partial charge in [-0.25, -0.2) is 14.4 Å². The van der Waals surface area contributed by atoms with E-state index in [1.165, 1.54) is 12.4 Å². The predicted octanol–water partition coefficient (Wildman–Crippen LogP) is 0.804. The van der Waals surface area contributed by atoms with E-state index in [1.807, 2.05) is 7.05 Å². The van der Waals surface area contributed by atoms with Gasteiger partial charge < -0.3 is 10.2 Å². The highest BCUT2D eigenvalue weighted by atomic mass is 19.1. The third kappa shape index (κ3) is 2.41. The zero-order valence-electron chi connectivity index (χ0n) is 8.78. The van der Waals surface area contributed by atoms with E-state index in [1.54, 1.807) is 0 Å². The number of nitrogens with zero attached hydrogens (tertiary/aromatic N) is 3. The molecule has 0 atom stereocenters. The molecule has 1 aromatic heterocycles. The second-order valence-corrected chi connectivity index (χ2v) is 3.75. The Labute approximate surface area is 88.5 Å². The molecule has 0 aliphatic carbocycles. The summed E-state index contributed by atoms with van der Waals surface area (Å²) in [7, 11) is 1.98. The summed E-state index contributed by atoms with van der Waals surface area (Å²) in [5, 5.41) is 3.26. The molecule has 0 aromatic carbocycles. The number of hydrogen-bond acceptors (Lipinski definition) is 4. The zero-order valence-corrected chi connectivity index (χ0v) is 8.78. The van der Waals surface area contributed by atoms with E-state index >= 15 is 0 Å². The van der Waals surface area contributed by atoms with Gasteiger partial charge in [-0.15, -0.1) is 0 Å². The van der Waals surface area contributed by atoms with Gasteiger partial charge >= 0.3 is 0 Å². The quantitative estimate of drug-likeness (QED) is 0.784. The predicted molar refractivity (Wildman–Crippen MR) is 56.3 cm³/mol. The first-order chi connectivity index (χ1) is 7.29. The Bertz CT molecular complexity index is 306. The maximum absolute atomic E-state index is 12.6. The lowest BCUT2D eigenvalue weighted by Crippen LogP contribution is -2.41. The summed E-state index contributed by atoms with van der Waals surface area (Å²) in [6.45, 7) is 1.86. The van der Waals surface area contributed by atoms with Crippen LogP contribution in [0.1, 0.15) is 12.8 Å². The second-order valence-electron chi connectivity index (χ2n) is 3.75. The van der Waals surface area contributed by atoms with Gasteiger partial charge in [0.05, 0.1) is 12.4 Å². The molecule has 0 saturated carbocycles. The minimum absolute atomic E-state index is 0.385. The minimum Gasteiger partial charge on any atom is -0.341 e. The van der Waals surface area contributed by atoms with Crippen molar-refractivity contribution in [3.05, 3.63) is 18.2 Å². The van der Waals surface area contributed by atoms with Crippen molar-refractivity contribution >= 4 is 5.95 Å². The fraction of sp³-hybridized carbons (Fsp3) is 0.600. The van der Waals surface area contributed by atoms with Crippen LogP contribution in [0.4, 0.5) is 10.3 Å². The van der Waals surface area contributed by atoms with Crippen LogP contribution in [0.15, 0.2) is 12.4 Å². The number of aromatic nitrogens is 2. The lowest BCUT2D eigenvalue weighted by Gasteiger charge is -2.31. The molecule has 1 aromatic rings. The molecule has 0 unspecified atom stereocenters. The smallest absolute Gasteiger partial charge is 0.225 e. The topological polar surface area (TPSA) is 41.0 Å². The Kier molecular flexibility index (Phi) is 3.11. The van der Waals surface area contributed by atoms with Crippen LogP contribution in [0.3, 0.4) is 0 Å². The van der Waals surface area contributed by atoms with Crippen LogP contribution >= 0.6 is 0 Å². The van der Waals surface area contributed by atoms with Gasteiger partial charge in [0.1, 0.15) is 0 Å². The average Bonchev–Trinajstić information content (AvgIpc) is 2.30. The zero-order chi connectivity index (χ0) is 10.7. The molecule has 2 heterocycles. The SMILES string of the molecule is CNC1CCN(c2ncc(F)cn2)CC1. The molecule has 82 valence electrons. The highest BCUT2D eigenvalue weighted by Gasteiger charge is 2.19. The van der Waals surface area contributed by atoms with Crippen LogP contribution in [-0.4, -0.2) is 36.1 Å². The average molecular weight is 210 g/mol. The molecular formula is C10H15FN4. The van der Waals surface area contributed by atoms with E-state index in [-0.39, 0.29) is 5.82 Å². The first-order valence-corrected chi connectivity index (χ1v) is 5.19. The molecule has 1 saturated heterocycles. The van der Waals surface area contributed by atoms with Crippen molar-refractivity contribution in [1.82, 2.24) is 15.3 Å². The summed E-state index contributed by atoms with van der Waals surface area (Å²) < 4.78 is 12.6. The Morgan fingerprint density at radius 1 is 1.33 bits per heavy atom. The third-order valence-corrected chi connectivity index (χ3v) is 2.79. The number of halogens is 1. The molecule has 1 aliphatic heterocycles. The summed E-state index contributed by atoms with van der Waals surface area (Å²) in [5.74, 6) is 0.245. The van der Waals surface area contributed by atoms with Crippen molar-refractivity contribution in [3.8, 4) is 0 Å². The van der Waals surface area contributed by atoms with Gasteiger partial charge in [0.15, 0.2) is 5.82 Å². The van der Waals surface area contributed by atoms with Gasteiger partial charge in [0.25, 0.3) is 0 Å². The van der Waals surface area contributed by atoms with E-state index in [0.29, 0.717) is 12.0 Å². The first-order valence-electron chi connectivity index (χ1n) is 5.19. The van der Waals surface area contributed by atoms with Gasteiger partial charge in [-0.1, -0.05) is 0 Å². The van der Waals surface area contributed by atoms with Crippen LogP contribution in [0.2, 0.25) is 0 Å². The molecule has 0 amide bonds. The highest BCUT2D eigenvalue weighted by molar-refractivity contribution is 5.29. The fourth-order valence-corrected chi connectivity index (χ4v) is 1.84. The maximum Gasteiger partial charge on any atom is 0.225 e. The van der Waals surface area contributed by atoms with Crippen molar-refractivity contribution < 1.29 is 4.39 Å². The Morgan fingerprint density at radius 2 is 1.93 bits per heavy atom. The molecule has 1 N–H and O–H groups in total. The first kappa shape index (κ1) is 10.3. The lowest BCUT2D eigenvalue weighted by atomic mass is 10.1. The molecule has 1 fully saturated rings. The molecule has 0 bridgehead atoms. The Balaban J connectivity index is 1.98. The van der Waals surface area contributed by atoms with Crippen molar-refractivity contribution in [3.63, 3.8) is 0 Å². The van der Waals surface area contributed by atoms with E-state index < -0.39 is 0 Å². The summed E-state index contributed by atoms with van der Waals surface area (Å²) >= 11 is 0. The van der Waals surface area contributed by atoms with E-state index in [4.69, 9.17) is 0 Å². The second kappa shape index (κ2) is 4.53. The highest BCUT2D eigenvalue weighted by Crippen LogP contribution is 2.15. The van der Waals surface area contributed by atoms with Gasteiger partial charge in [-0.3, -0.25) is 0 Å². The monoisotopic (exact) mass is 210 g/mol. The van der Waals surface area contributed by atoms with Crippen molar-refractivity contribution in [2.45, 2.75) is 18.9 Å². The molecule has 0 spiro atoms. The minimum atomic E-state index is -0.385. The number of anilines is 1. The molecule has 1 aliphatic rings. The van der Waals surface area contributed by atoms with E-state index in [0.717, 1.165) is 25.9 Å². The molecule has 5 heteroatoms. The van der Waals surface area contributed by atoms with E-state index in [9.17, 15) is 4.39 Å². The normalized spacial score (nSPS) is 18.1. The van der Waals surface area contributed by atoms with Crippen molar-refractivity contribution in [1.29, 1.82) is 0 Å². The van der Waals surface area contributed by atoms with Crippen LogP contribution in [-0.2, 0) is 0 Å².